The molecule has 0 atom stereocenters. The fraction of sp³-hybridized carbons (Fsp3) is 0.179. The number of anilines is 2. The molecule has 2 aromatic heterocycles. The lowest BCUT2D eigenvalue weighted by atomic mass is 10.0. The van der Waals surface area contributed by atoms with Gasteiger partial charge in [0.05, 0.1) is 23.1 Å². The number of nitrogens with zero attached hydrogens (tertiary/aromatic N) is 1. The molecule has 1 N–H and O–H groups in total. The van der Waals surface area contributed by atoms with Gasteiger partial charge in [-0.1, -0.05) is 42.0 Å². The Morgan fingerprint density at radius 3 is 2.48 bits per heavy atom. The van der Waals surface area contributed by atoms with Gasteiger partial charge in [0.25, 0.3) is 5.56 Å². The Balaban J connectivity index is 1.81. The summed E-state index contributed by atoms with van der Waals surface area (Å²) in [7, 11) is 1.80. The maximum Gasteiger partial charge on any atom is 0.262 e. The molecule has 0 spiro atoms. The lowest BCUT2D eigenvalue weighted by molar-refractivity contribution is 0.340. The fourth-order valence-electron chi connectivity index (χ4n) is 4.38. The Kier molecular flexibility index (Phi) is 5.17. The summed E-state index contributed by atoms with van der Waals surface area (Å²) in [5, 5.41) is 4.92. The first-order chi connectivity index (χ1) is 16.0. The highest BCUT2D eigenvalue weighted by molar-refractivity contribution is 6.11. The predicted octanol–water partition coefficient (Wildman–Crippen LogP) is 6.71. The molecule has 0 bridgehead atoms. The summed E-state index contributed by atoms with van der Waals surface area (Å²) in [6, 6.07) is 21.8. The van der Waals surface area contributed by atoms with Gasteiger partial charge in [0.15, 0.2) is 5.58 Å². The molecule has 0 unspecified atom stereocenters. The van der Waals surface area contributed by atoms with Gasteiger partial charge in [-0.05, 0) is 62.2 Å². The maximum absolute atomic E-state index is 13.5. The van der Waals surface area contributed by atoms with Gasteiger partial charge in [-0.25, -0.2) is 0 Å². The Labute approximate surface area is 192 Å². The van der Waals surface area contributed by atoms with Crippen LogP contribution in [0.1, 0.15) is 18.1 Å². The normalized spacial score (nSPS) is 11.3. The van der Waals surface area contributed by atoms with E-state index in [0.717, 1.165) is 39.0 Å². The largest absolute Gasteiger partial charge is 0.494 e. The van der Waals surface area contributed by atoms with Crippen LogP contribution in [-0.4, -0.2) is 11.2 Å². The Bertz CT molecular complexity index is 1540. The topological polar surface area (TPSA) is 56.4 Å². The number of aromatic nitrogens is 1. The highest BCUT2D eigenvalue weighted by atomic mass is 16.5. The molecule has 5 nitrogen and oxygen atoms in total. The first-order valence-corrected chi connectivity index (χ1v) is 11.1. The second-order valence-corrected chi connectivity index (χ2v) is 8.29. The van der Waals surface area contributed by atoms with E-state index >= 15 is 0 Å². The molecule has 0 amide bonds. The first-order valence-electron chi connectivity index (χ1n) is 11.1. The van der Waals surface area contributed by atoms with Crippen molar-refractivity contribution in [1.82, 2.24) is 4.57 Å². The van der Waals surface area contributed by atoms with Crippen LogP contribution in [-0.2, 0) is 7.05 Å². The predicted molar refractivity (Wildman–Crippen MR) is 135 cm³/mol. The number of rotatable bonds is 5. The molecule has 0 aliphatic carbocycles. The fourth-order valence-corrected chi connectivity index (χ4v) is 4.38. The third-order valence-electron chi connectivity index (χ3n) is 6.02. The van der Waals surface area contributed by atoms with Crippen molar-refractivity contribution in [2.24, 2.45) is 7.05 Å². The zero-order valence-corrected chi connectivity index (χ0v) is 19.2. The van der Waals surface area contributed by atoms with Crippen LogP contribution >= 0.6 is 0 Å². The van der Waals surface area contributed by atoms with Crippen molar-refractivity contribution in [1.29, 1.82) is 0 Å². The smallest absolute Gasteiger partial charge is 0.262 e. The SMILES string of the molecule is CCOc1ccc(-c2c(Nc3ccc(C)cc3C)oc3c2c(=O)n(C)c2ccccc32)cc1. The molecular weight excluding hydrogens is 412 g/mol. The van der Waals surface area contributed by atoms with Crippen LogP contribution < -0.4 is 15.6 Å². The molecular formula is C28H26N2O3. The molecule has 33 heavy (non-hydrogen) atoms. The number of fused-ring (bicyclic) bond motifs is 3. The van der Waals surface area contributed by atoms with Gasteiger partial charge in [0.2, 0.25) is 5.88 Å². The Morgan fingerprint density at radius 1 is 1.00 bits per heavy atom. The maximum atomic E-state index is 13.5. The summed E-state index contributed by atoms with van der Waals surface area (Å²) in [4.78, 5) is 13.5. The molecule has 166 valence electrons. The van der Waals surface area contributed by atoms with Gasteiger partial charge in [0.1, 0.15) is 5.75 Å². The summed E-state index contributed by atoms with van der Waals surface area (Å²) >= 11 is 0. The summed E-state index contributed by atoms with van der Waals surface area (Å²) in [5.41, 5.74) is 6.19. The zero-order chi connectivity index (χ0) is 23.1. The van der Waals surface area contributed by atoms with E-state index in [0.29, 0.717) is 23.5 Å². The zero-order valence-electron chi connectivity index (χ0n) is 19.2. The van der Waals surface area contributed by atoms with Crippen LogP contribution in [0.25, 0.3) is 33.0 Å². The van der Waals surface area contributed by atoms with Gasteiger partial charge >= 0.3 is 0 Å². The van der Waals surface area contributed by atoms with Crippen LogP contribution in [0.2, 0.25) is 0 Å². The molecule has 5 heteroatoms. The number of furan rings is 1. The molecule has 5 rings (SSSR count). The summed E-state index contributed by atoms with van der Waals surface area (Å²) < 4.78 is 13.7. The number of benzene rings is 3. The van der Waals surface area contributed by atoms with Crippen LogP contribution in [0.15, 0.2) is 75.9 Å². The van der Waals surface area contributed by atoms with Crippen LogP contribution in [0.5, 0.6) is 5.75 Å². The van der Waals surface area contributed by atoms with E-state index in [-0.39, 0.29) is 5.56 Å². The van der Waals surface area contributed by atoms with Gasteiger partial charge in [-0.15, -0.1) is 0 Å². The van der Waals surface area contributed by atoms with E-state index in [4.69, 9.17) is 9.15 Å². The van der Waals surface area contributed by atoms with Crippen molar-refractivity contribution < 1.29 is 9.15 Å². The van der Waals surface area contributed by atoms with Crippen molar-refractivity contribution in [3.63, 3.8) is 0 Å². The molecule has 2 heterocycles. The first kappa shape index (κ1) is 20.9. The number of hydrogen-bond donors (Lipinski definition) is 1. The molecule has 3 aromatic carbocycles. The lowest BCUT2D eigenvalue weighted by Crippen LogP contribution is -2.17. The second-order valence-electron chi connectivity index (χ2n) is 8.29. The van der Waals surface area contributed by atoms with Crippen molar-refractivity contribution >= 4 is 33.4 Å². The minimum atomic E-state index is -0.0926. The van der Waals surface area contributed by atoms with E-state index in [9.17, 15) is 4.79 Å². The molecule has 0 aliphatic rings. The van der Waals surface area contributed by atoms with Gasteiger partial charge < -0.3 is 19.0 Å². The number of ether oxygens (including phenoxy) is 1. The monoisotopic (exact) mass is 438 g/mol. The van der Waals surface area contributed by atoms with Crippen LogP contribution in [0.4, 0.5) is 11.6 Å². The lowest BCUT2D eigenvalue weighted by Gasteiger charge is -2.11. The van der Waals surface area contributed by atoms with Crippen LogP contribution in [0, 0.1) is 13.8 Å². The highest BCUT2D eigenvalue weighted by Crippen LogP contribution is 2.41. The summed E-state index contributed by atoms with van der Waals surface area (Å²) in [5.74, 6) is 1.34. The van der Waals surface area contributed by atoms with Crippen LogP contribution in [0.3, 0.4) is 0 Å². The highest BCUT2D eigenvalue weighted by Gasteiger charge is 2.23. The molecule has 0 saturated heterocycles. The van der Waals surface area contributed by atoms with Gasteiger partial charge in [-0.2, -0.15) is 0 Å². The second kappa shape index (κ2) is 8.17. The standard InChI is InChI=1S/C28H26N2O3/c1-5-32-20-13-11-19(12-14-20)24-25-26(21-8-6-7-9-23(21)30(4)28(25)31)33-27(24)29-22-15-10-17(2)16-18(22)3/h6-16,29H,5H2,1-4H3. The number of aryl methyl sites for hydroxylation is 3. The number of para-hydroxylation sites is 1. The molecule has 0 radical (unpaired) electrons. The van der Waals surface area contributed by atoms with E-state index in [1.807, 2.05) is 61.5 Å². The van der Waals surface area contributed by atoms with E-state index in [1.54, 1.807) is 11.6 Å². The third-order valence-corrected chi connectivity index (χ3v) is 6.02. The third kappa shape index (κ3) is 3.55. The number of hydrogen-bond acceptors (Lipinski definition) is 4. The quantitative estimate of drug-likeness (QED) is 0.331. The minimum absolute atomic E-state index is 0.0926. The summed E-state index contributed by atoms with van der Waals surface area (Å²) in [6.07, 6.45) is 0. The minimum Gasteiger partial charge on any atom is -0.494 e. The molecule has 0 fully saturated rings. The van der Waals surface area contributed by atoms with E-state index < -0.39 is 0 Å². The van der Waals surface area contributed by atoms with Gasteiger partial charge in [-0.3, -0.25) is 4.79 Å². The average Bonchev–Trinajstić information content (AvgIpc) is 3.19. The van der Waals surface area contributed by atoms with Crippen molar-refractivity contribution in [2.45, 2.75) is 20.8 Å². The van der Waals surface area contributed by atoms with E-state index in [1.165, 1.54) is 5.56 Å². The van der Waals surface area contributed by atoms with Crippen molar-refractivity contribution in [3.05, 3.63) is 88.2 Å². The molecule has 5 aromatic rings. The average molecular weight is 439 g/mol. The van der Waals surface area contributed by atoms with Gasteiger partial charge in [0, 0.05) is 18.1 Å². The number of pyridine rings is 1. The van der Waals surface area contributed by atoms with Crippen molar-refractivity contribution in [2.75, 3.05) is 11.9 Å². The Hall–Kier alpha value is -3.99. The summed E-state index contributed by atoms with van der Waals surface area (Å²) in [6.45, 7) is 6.68. The molecule has 0 aliphatic heterocycles. The van der Waals surface area contributed by atoms with E-state index in [2.05, 4.69) is 31.3 Å². The molecule has 0 saturated carbocycles. The van der Waals surface area contributed by atoms with Crippen molar-refractivity contribution in [3.8, 4) is 16.9 Å². The Morgan fingerprint density at radius 2 is 1.76 bits per heavy atom. The number of nitrogens with one attached hydrogen (secondary N) is 1.